The Balaban J connectivity index is 1.29. The molecular formula is C27H32N2O5. The van der Waals surface area contributed by atoms with E-state index in [0.29, 0.717) is 18.4 Å². The molecule has 0 radical (unpaired) electrons. The van der Waals surface area contributed by atoms with Crippen molar-refractivity contribution >= 4 is 5.91 Å². The van der Waals surface area contributed by atoms with Crippen molar-refractivity contribution < 1.29 is 25.2 Å². The zero-order valence-electron chi connectivity index (χ0n) is 19.2. The summed E-state index contributed by atoms with van der Waals surface area (Å²) in [5, 5.41) is 44.8. The Morgan fingerprint density at radius 3 is 2.65 bits per heavy atom. The van der Waals surface area contributed by atoms with Crippen LogP contribution in [0.2, 0.25) is 0 Å². The summed E-state index contributed by atoms with van der Waals surface area (Å²) in [5.41, 5.74) is 1.33. The minimum atomic E-state index is -1.01. The van der Waals surface area contributed by atoms with Crippen LogP contribution in [-0.2, 0) is 23.2 Å². The lowest BCUT2D eigenvalue weighted by molar-refractivity contribution is -0.134. The third-order valence-corrected chi connectivity index (χ3v) is 8.89. The van der Waals surface area contributed by atoms with Crippen LogP contribution in [0.15, 0.2) is 36.4 Å². The highest BCUT2D eigenvalue weighted by molar-refractivity contribution is 5.80. The average molecular weight is 465 g/mol. The van der Waals surface area contributed by atoms with Crippen molar-refractivity contribution in [1.29, 1.82) is 0 Å². The molecule has 5 N–H and O–H groups in total. The summed E-state index contributed by atoms with van der Waals surface area (Å²) in [6, 6.07) is 10.0. The van der Waals surface area contributed by atoms with E-state index < -0.39 is 11.0 Å². The highest BCUT2D eigenvalue weighted by atomic mass is 16.3. The maximum absolute atomic E-state index is 13.3. The van der Waals surface area contributed by atoms with E-state index in [9.17, 15) is 25.2 Å². The molecule has 3 aliphatic carbocycles. The van der Waals surface area contributed by atoms with Crippen LogP contribution in [0, 0.1) is 11.8 Å². The van der Waals surface area contributed by atoms with Gasteiger partial charge in [0, 0.05) is 30.5 Å². The lowest BCUT2D eigenvalue weighted by Gasteiger charge is -2.59. The molecule has 180 valence electrons. The molecule has 3 fully saturated rings. The first-order valence-electron chi connectivity index (χ1n) is 12.4. The highest BCUT2D eigenvalue weighted by Crippen LogP contribution is 2.62. The normalized spacial score (nSPS) is 32.1. The number of likely N-dealkylation sites (tertiary alicyclic amines) is 1. The van der Waals surface area contributed by atoms with Crippen LogP contribution in [0.1, 0.15) is 48.8 Å². The number of phenols is 3. The van der Waals surface area contributed by atoms with Crippen molar-refractivity contribution in [3.05, 3.63) is 53.1 Å². The monoisotopic (exact) mass is 464 g/mol. The average Bonchev–Trinajstić information content (AvgIpc) is 3.56. The summed E-state index contributed by atoms with van der Waals surface area (Å²) >= 11 is 0. The molecule has 1 amide bonds. The van der Waals surface area contributed by atoms with Gasteiger partial charge in [0.25, 0.3) is 0 Å². The number of piperidine rings is 1. The van der Waals surface area contributed by atoms with Gasteiger partial charge in [0.15, 0.2) is 11.5 Å². The van der Waals surface area contributed by atoms with Crippen LogP contribution in [0.25, 0.3) is 0 Å². The number of fused-ring (bicyclic) bond motifs is 1. The van der Waals surface area contributed by atoms with Crippen molar-refractivity contribution in [3.63, 3.8) is 0 Å². The molecule has 7 heteroatoms. The van der Waals surface area contributed by atoms with Gasteiger partial charge in [-0.05, 0) is 91.9 Å². The standard InChI is InChI=1S/C27H32N2O5/c30-20-5-4-18-10-24-27(34)13-19(25(33)28-14-17-3-6-22(31)23(32)9-17)12-26(27,21(18)11-20)7-8-29(24)15-16-1-2-16/h3-6,9,11,16,19,24,30-32,34H,1-2,7-8,10,12-15H2,(H,28,33)/t19-,24-,26-,27-/m1/s1. The molecule has 0 spiro atoms. The Bertz CT molecular complexity index is 1150. The van der Waals surface area contributed by atoms with E-state index in [1.54, 1.807) is 12.1 Å². The molecule has 1 aliphatic heterocycles. The largest absolute Gasteiger partial charge is 0.508 e. The molecule has 0 aromatic heterocycles. The molecule has 2 saturated carbocycles. The minimum absolute atomic E-state index is 0.0225. The summed E-state index contributed by atoms with van der Waals surface area (Å²) < 4.78 is 0. The van der Waals surface area contributed by atoms with E-state index in [1.165, 1.54) is 30.5 Å². The SMILES string of the molecule is O=C(NCc1ccc(O)c(O)c1)[C@@H]1C[C@]23CCN(CC4CC4)[C@H](Cc4ccc(O)cc42)[C@]3(O)C1. The topological polar surface area (TPSA) is 113 Å². The van der Waals surface area contributed by atoms with Gasteiger partial charge in [-0.25, -0.2) is 0 Å². The van der Waals surface area contributed by atoms with Crippen molar-refractivity contribution in [3.8, 4) is 17.2 Å². The fraction of sp³-hybridized carbons (Fsp3) is 0.519. The fourth-order valence-electron chi connectivity index (χ4n) is 7.03. The Morgan fingerprint density at radius 1 is 1.06 bits per heavy atom. The predicted molar refractivity (Wildman–Crippen MR) is 125 cm³/mol. The van der Waals surface area contributed by atoms with Gasteiger partial charge >= 0.3 is 0 Å². The zero-order valence-corrected chi connectivity index (χ0v) is 19.2. The number of amides is 1. The molecule has 4 atom stereocenters. The van der Waals surface area contributed by atoms with E-state index in [0.717, 1.165) is 37.4 Å². The second-order valence-electron chi connectivity index (χ2n) is 10.9. The molecule has 4 aliphatic rings. The number of rotatable bonds is 5. The number of benzene rings is 2. The number of aliphatic hydroxyl groups is 1. The Labute approximate surface area is 199 Å². The van der Waals surface area contributed by atoms with Crippen LogP contribution in [0.4, 0.5) is 0 Å². The van der Waals surface area contributed by atoms with E-state index in [2.05, 4.69) is 10.2 Å². The van der Waals surface area contributed by atoms with Crippen molar-refractivity contribution in [2.45, 2.75) is 62.1 Å². The first-order chi connectivity index (χ1) is 16.3. The van der Waals surface area contributed by atoms with Crippen LogP contribution < -0.4 is 5.32 Å². The van der Waals surface area contributed by atoms with Crippen LogP contribution in [0.5, 0.6) is 17.2 Å². The van der Waals surface area contributed by atoms with Gasteiger partial charge in [0.05, 0.1) is 5.60 Å². The number of carbonyl (C=O) groups is 1. The molecule has 6 rings (SSSR count). The number of phenolic OH excluding ortho intramolecular Hbond substituents is 3. The van der Waals surface area contributed by atoms with Gasteiger partial charge in [-0.15, -0.1) is 0 Å². The van der Waals surface area contributed by atoms with E-state index >= 15 is 0 Å². The van der Waals surface area contributed by atoms with Crippen LogP contribution in [-0.4, -0.2) is 56.0 Å². The second kappa shape index (κ2) is 7.62. The number of aromatic hydroxyl groups is 3. The smallest absolute Gasteiger partial charge is 0.223 e. The van der Waals surface area contributed by atoms with Gasteiger partial charge in [-0.1, -0.05) is 12.1 Å². The number of hydrogen-bond acceptors (Lipinski definition) is 6. The molecule has 1 saturated heterocycles. The first kappa shape index (κ1) is 21.7. The van der Waals surface area contributed by atoms with Gasteiger partial charge in [0.1, 0.15) is 5.75 Å². The Hall–Kier alpha value is -2.77. The van der Waals surface area contributed by atoms with Crippen LogP contribution in [0.3, 0.4) is 0 Å². The molecule has 2 bridgehead atoms. The predicted octanol–water partition coefficient (Wildman–Crippen LogP) is 2.54. The number of nitrogens with one attached hydrogen (secondary N) is 1. The summed E-state index contributed by atoms with van der Waals surface area (Å²) in [4.78, 5) is 15.8. The minimum Gasteiger partial charge on any atom is -0.508 e. The molecular weight excluding hydrogens is 432 g/mol. The molecule has 7 nitrogen and oxygen atoms in total. The van der Waals surface area contributed by atoms with E-state index in [1.807, 2.05) is 12.1 Å². The molecule has 0 unspecified atom stereocenters. The molecule has 2 aromatic carbocycles. The fourth-order valence-corrected chi connectivity index (χ4v) is 7.03. The van der Waals surface area contributed by atoms with Gasteiger partial charge in [-0.3, -0.25) is 9.69 Å². The summed E-state index contributed by atoms with van der Waals surface area (Å²) in [6.45, 7) is 2.15. The maximum Gasteiger partial charge on any atom is 0.223 e. The molecule has 34 heavy (non-hydrogen) atoms. The Morgan fingerprint density at radius 2 is 1.88 bits per heavy atom. The number of hydrogen-bond donors (Lipinski definition) is 5. The van der Waals surface area contributed by atoms with E-state index in [-0.39, 0.29) is 41.7 Å². The molecule has 2 aromatic rings. The van der Waals surface area contributed by atoms with E-state index in [4.69, 9.17) is 0 Å². The number of carbonyl (C=O) groups excluding carboxylic acids is 1. The third-order valence-electron chi connectivity index (χ3n) is 8.89. The second-order valence-corrected chi connectivity index (χ2v) is 10.9. The summed E-state index contributed by atoms with van der Waals surface area (Å²) in [7, 11) is 0. The summed E-state index contributed by atoms with van der Waals surface area (Å²) in [6.07, 6.45) is 4.99. The molecule has 1 heterocycles. The van der Waals surface area contributed by atoms with Crippen molar-refractivity contribution in [2.75, 3.05) is 13.1 Å². The highest BCUT2D eigenvalue weighted by Gasteiger charge is 2.68. The van der Waals surface area contributed by atoms with Crippen molar-refractivity contribution in [1.82, 2.24) is 10.2 Å². The quantitative estimate of drug-likeness (QED) is 0.435. The third kappa shape index (κ3) is 3.28. The van der Waals surface area contributed by atoms with Crippen molar-refractivity contribution in [2.24, 2.45) is 11.8 Å². The maximum atomic E-state index is 13.3. The van der Waals surface area contributed by atoms with Crippen LogP contribution >= 0.6 is 0 Å². The lowest BCUT2D eigenvalue weighted by atomic mass is 9.56. The Kier molecular flexibility index (Phi) is 4.87. The zero-order chi connectivity index (χ0) is 23.7. The first-order valence-corrected chi connectivity index (χ1v) is 12.4. The summed E-state index contributed by atoms with van der Waals surface area (Å²) in [5.74, 6) is 0.0705. The lowest BCUT2D eigenvalue weighted by Crippen LogP contribution is -2.69. The number of nitrogens with zero attached hydrogens (tertiary/aromatic N) is 1. The van der Waals surface area contributed by atoms with Gasteiger partial charge in [0.2, 0.25) is 5.91 Å². The van der Waals surface area contributed by atoms with Gasteiger partial charge < -0.3 is 25.7 Å². The van der Waals surface area contributed by atoms with Gasteiger partial charge in [-0.2, -0.15) is 0 Å².